The Morgan fingerprint density at radius 2 is 2.33 bits per heavy atom. The number of allylic oxidation sites excluding steroid dienone is 1. The fourth-order valence-corrected chi connectivity index (χ4v) is 0.704. The van der Waals surface area contributed by atoms with Crippen LogP contribution in [-0.2, 0) is 4.79 Å². The second-order valence-electron chi connectivity index (χ2n) is 2.14. The number of nitrogens with zero attached hydrogens (tertiary/aromatic N) is 1. The van der Waals surface area contributed by atoms with E-state index in [0.717, 1.165) is 6.29 Å². The van der Waals surface area contributed by atoms with E-state index >= 15 is 0 Å². The predicted octanol–water partition coefficient (Wildman–Crippen LogP) is 0.831. The molecule has 2 unspecified atom stereocenters. The van der Waals surface area contributed by atoms with Gasteiger partial charge in [-0.2, -0.15) is 0 Å². The van der Waals surface area contributed by atoms with E-state index in [-0.39, 0.29) is 12.0 Å². The molecule has 0 aromatic carbocycles. The molecule has 0 aliphatic carbocycles. The van der Waals surface area contributed by atoms with Gasteiger partial charge in [0.05, 0.1) is 12.0 Å². The molecule has 2 nitrogen and oxygen atoms in total. The van der Waals surface area contributed by atoms with Crippen molar-refractivity contribution in [1.29, 1.82) is 0 Å². The van der Waals surface area contributed by atoms with Gasteiger partial charge in [-0.1, -0.05) is 12.2 Å². The number of dihydropyridines is 1. The van der Waals surface area contributed by atoms with Crippen LogP contribution >= 0.6 is 0 Å². The highest BCUT2D eigenvalue weighted by atomic mass is 16.1. The molecule has 1 rings (SSSR count). The summed E-state index contributed by atoms with van der Waals surface area (Å²) >= 11 is 0. The van der Waals surface area contributed by atoms with Crippen molar-refractivity contribution in [2.45, 2.75) is 13.0 Å². The van der Waals surface area contributed by atoms with E-state index in [4.69, 9.17) is 0 Å². The van der Waals surface area contributed by atoms with E-state index < -0.39 is 0 Å². The van der Waals surface area contributed by atoms with Crippen molar-refractivity contribution in [2.75, 3.05) is 0 Å². The van der Waals surface area contributed by atoms with E-state index in [1.807, 2.05) is 19.1 Å². The van der Waals surface area contributed by atoms with E-state index in [2.05, 4.69) is 4.99 Å². The van der Waals surface area contributed by atoms with Crippen LogP contribution in [0.2, 0.25) is 0 Å². The molecule has 0 bridgehead atoms. The molecule has 0 radical (unpaired) electrons. The van der Waals surface area contributed by atoms with Gasteiger partial charge in [0.2, 0.25) is 0 Å². The van der Waals surface area contributed by atoms with Crippen LogP contribution in [0.4, 0.5) is 0 Å². The van der Waals surface area contributed by atoms with Crippen molar-refractivity contribution in [3.63, 3.8) is 0 Å². The minimum Gasteiger partial charge on any atom is -0.302 e. The molecule has 0 aromatic heterocycles. The first-order chi connectivity index (χ1) is 4.33. The lowest BCUT2D eigenvalue weighted by Gasteiger charge is -2.06. The van der Waals surface area contributed by atoms with Gasteiger partial charge in [0, 0.05) is 6.21 Å². The maximum absolute atomic E-state index is 10.1. The highest BCUT2D eigenvalue weighted by Crippen LogP contribution is 2.02. The van der Waals surface area contributed by atoms with Gasteiger partial charge in [0.15, 0.2) is 0 Å². The Bertz CT molecular complexity index is 146. The molecule has 1 aliphatic heterocycles. The van der Waals surface area contributed by atoms with Crippen molar-refractivity contribution in [3.8, 4) is 0 Å². The topological polar surface area (TPSA) is 29.4 Å². The first kappa shape index (κ1) is 6.20. The van der Waals surface area contributed by atoms with Crippen molar-refractivity contribution >= 4 is 12.5 Å². The Hall–Kier alpha value is -0.920. The average molecular weight is 123 g/mol. The highest BCUT2D eigenvalue weighted by molar-refractivity contribution is 5.84. The van der Waals surface area contributed by atoms with Crippen LogP contribution in [-0.4, -0.2) is 18.5 Å². The van der Waals surface area contributed by atoms with Crippen LogP contribution in [0.25, 0.3) is 0 Å². The third kappa shape index (κ3) is 1.49. The minimum absolute atomic E-state index is 0.0822. The summed E-state index contributed by atoms with van der Waals surface area (Å²) in [6.07, 6.45) is 6.35. The quantitative estimate of drug-likeness (QED) is 0.375. The minimum atomic E-state index is -0.0822. The zero-order valence-corrected chi connectivity index (χ0v) is 5.32. The van der Waals surface area contributed by atoms with E-state index in [0.29, 0.717) is 0 Å². The number of carbonyl (C=O) groups excluding carboxylic acids is 1. The molecule has 2 heteroatoms. The van der Waals surface area contributed by atoms with E-state index in [1.165, 1.54) is 0 Å². The molecule has 0 fully saturated rings. The Morgan fingerprint density at radius 3 is 2.78 bits per heavy atom. The summed E-state index contributed by atoms with van der Waals surface area (Å²) in [6, 6.07) is 0.251. The Kier molecular flexibility index (Phi) is 1.78. The highest BCUT2D eigenvalue weighted by Gasteiger charge is 2.03. The second-order valence-corrected chi connectivity index (χ2v) is 2.14. The summed E-state index contributed by atoms with van der Waals surface area (Å²) in [5.74, 6) is -0.0822. The van der Waals surface area contributed by atoms with Crippen LogP contribution in [0.5, 0.6) is 0 Å². The van der Waals surface area contributed by atoms with E-state index in [9.17, 15) is 4.79 Å². The van der Waals surface area contributed by atoms with Crippen LogP contribution in [0.1, 0.15) is 6.92 Å². The molecule has 0 aromatic rings. The van der Waals surface area contributed by atoms with Gasteiger partial charge in [-0.3, -0.25) is 4.99 Å². The fraction of sp³-hybridized carbons (Fsp3) is 0.429. The van der Waals surface area contributed by atoms with E-state index in [1.54, 1.807) is 6.21 Å². The Morgan fingerprint density at radius 1 is 1.56 bits per heavy atom. The standard InChI is InChI=1S/C7H9NO/c1-6-2-3-7(5-9)4-8-6/h2-7H,1H3. The summed E-state index contributed by atoms with van der Waals surface area (Å²) in [6.45, 7) is 1.98. The van der Waals surface area contributed by atoms with Crippen molar-refractivity contribution in [3.05, 3.63) is 12.2 Å². The van der Waals surface area contributed by atoms with Crippen molar-refractivity contribution in [1.82, 2.24) is 0 Å². The van der Waals surface area contributed by atoms with Gasteiger partial charge in [0.25, 0.3) is 0 Å². The number of hydrogen-bond acceptors (Lipinski definition) is 2. The maximum atomic E-state index is 10.1. The molecule has 0 amide bonds. The number of aliphatic imine (C=N–C) groups is 1. The van der Waals surface area contributed by atoms with Gasteiger partial charge < -0.3 is 4.79 Å². The number of rotatable bonds is 1. The Balaban J connectivity index is 2.58. The smallest absolute Gasteiger partial charge is 0.132 e. The number of aldehydes is 1. The van der Waals surface area contributed by atoms with Gasteiger partial charge in [-0.15, -0.1) is 0 Å². The largest absolute Gasteiger partial charge is 0.302 e. The average Bonchev–Trinajstić information content (AvgIpc) is 1.90. The SMILES string of the molecule is CC1C=CC(C=O)C=N1. The summed E-state index contributed by atoms with van der Waals surface area (Å²) in [4.78, 5) is 14.2. The van der Waals surface area contributed by atoms with Crippen molar-refractivity contribution < 1.29 is 4.79 Å². The molecular formula is C7H9NO. The second kappa shape index (κ2) is 2.58. The molecule has 1 heterocycles. The lowest BCUT2D eigenvalue weighted by molar-refractivity contribution is -0.108. The molecule has 48 valence electrons. The molecule has 0 spiro atoms. The van der Waals surface area contributed by atoms with Crippen LogP contribution in [0.3, 0.4) is 0 Å². The third-order valence-electron chi connectivity index (χ3n) is 1.26. The third-order valence-corrected chi connectivity index (χ3v) is 1.26. The molecule has 1 aliphatic rings. The normalized spacial score (nSPS) is 32.6. The summed E-state index contributed by atoms with van der Waals surface area (Å²) < 4.78 is 0. The lowest BCUT2D eigenvalue weighted by atomic mass is 10.1. The molecule has 0 N–H and O–H groups in total. The molecule has 2 atom stereocenters. The van der Waals surface area contributed by atoms with Crippen LogP contribution in [0.15, 0.2) is 17.1 Å². The zero-order chi connectivity index (χ0) is 6.69. The molecular weight excluding hydrogens is 114 g/mol. The van der Waals surface area contributed by atoms with Crippen LogP contribution in [0, 0.1) is 5.92 Å². The maximum Gasteiger partial charge on any atom is 0.132 e. The van der Waals surface area contributed by atoms with Gasteiger partial charge in [0.1, 0.15) is 6.29 Å². The molecule has 9 heavy (non-hydrogen) atoms. The van der Waals surface area contributed by atoms with Gasteiger partial charge >= 0.3 is 0 Å². The number of carbonyl (C=O) groups is 1. The Labute approximate surface area is 54.3 Å². The fourth-order valence-electron chi connectivity index (χ4n) is 0.704. The first-order valence-corrected chi connectivity index (χ1v) is 3.00. The van der Waals surface area contributed by atoms with Crippen LogP contribution < -0.4 is 0 Å². The lowest BCUT2D eigenvalue weighted by Crippen LogP contribution is -2.08. The predicted molar refractivity (Wildman–Crippen MR) is 36.6 cm³/mol. The summed E-state index contributed by atoms with van der Waals surface area (Å²) in [7, 11) is 0. The monoisotopic (exact) mass is 123 g/mol. The zero-order valence-electron chi connectivity index (χ0n) is 5.32. The molecule has 0 saturated heterocycles. The molecule has 0 saturated carbocycles. The summed E-state index contributed by atoms with van der Waals surface area (Å²) in [5, 5.41) is 0. The van der Waals surface area contributed by atoms with Gasteiger partial charge in [-0.05, 0) is 6.92 Å². The van der Waals surface area contributed by atoms with Gasteiger partial charge in [-0.25, -0.2) is 0 Å². The first-order valence-electron chi connectivity index (χ1n) is 3.00. The summed E-state index contributed by atoms with van der Waals surface area (Å²) in [5.41, 5.74) is 0. The number of hydrogen-bond donors (Lipinski definition) is 0. The van der Waals surface area contributed by atoms with Crippen molar-refractivity contribution in [2.24, 2.45) is 10.9 Å².